The Hall–Kier alpha value is -6.37. The Bertz CT molecular complexity index is 2120. The molecule has 0 radical (unpaired) electrons. The number of amidine groups is 1. The van der Waals surface area contributed by atoms with E-state index >= 15 is 4.39 Å². The molecule has 0 saturated heterocycles. The topological polar surface area (TPSA) is 234 Å². The van der Waals surface area contributed by atoms with Crippen molar-refractivity contribution >= 4 is 29.6 Å². The number of aliphatic hydroxyl groups excluding tert-OH is 1. The van der Waals surface area contributed by atoms with Gasteiger partial charge in [0.05, 0.1) is 20.3 Å². The Balaban J connectivity index is 1.46. The molecule has 1 aliphatic carbocycles. The lowest BCUT2D eigenvalue weighted by Gasteiger charge is -2.27. The van der Waals surface area contributed by atoms with Gasteiger partial charge in [-0.25, -0.2) is 19.2 Å². The molecule has 1 aliphatic rings. The molecule has 2 heterocycles. The fourth-order valence-electron chi connectivity index (χ4n) is 5.78. The number of carbonyl (C=O) groups is 3. The van der Waals surface area contributed by atoms with E-state index < -0.39 is 42.1 Å². The standard InChI is InChI=1S/C41H51FN8O10/c1-40(2,3)23-57-39(54)47-33(43)25-13-15-26(16-14-25)46-32(29-21-28(55-6)22-30(31(29)42)56-20-19-51)34-48-38(50(49-34)37-44-17-10-18-45-37)59-24-58-35(52)41(4,5)36(53)60-27-11-8-7-9-12-27/h10,13-18,21-22,27,32,46,51H,7-9,11-12,19-20,23-24H2,1-6H3,(H2,43,47,54). The number of benzene rings is 2. The fraction of sp³-hybridized carbons (Fsp3) is 0.463. The largest absolute Gasteiger partial charge is 0.497 e. The number of aliphatic imine (C=N–C) groups is 1. The van der Waals surface area contributed by atoms with Gasteiger partial charge >= 0.3 is 24.0 Å². The highest BCUT2D eigenvalue weighted by molar-refractivity contribution is 6.03. The van der Waals surface area contributed by atoms with Crippen molar-refractivity contribution in [1.29, 1.82) is 0 Å². The lowest BCUT2D eigenvalue weighted by Crippen LogP contribution is -2.39. The van der Waals surface area contributed by atoms with Gasteiger partial charge in [0.25, 0.3) is 5.95 Å². The summed E-state index contributed by atoms with van der Waals surface area (Å²) in [6.07, 6.45) is 6.23. The number of nitrogens with one attached hydrogen (secondary N) is 1. The summed E-state index contributed by atoms with van der Waals surface area (Å²) in [7, 11) is 1.39. The van der Waals surface area contributed by atoms with E-state index in [0.29, 0.717) is 11.3 Å². The van der Waals surface area contributed by atoms with E-state index in [1.807, 2.05) is 20.8 Å². The maximum atomic E-state index is 16.4. The zero-order chi connectivity index (χ0) is 43.5. The zero-order valence-electron chi connectivity index (χ0n) is 34.5. The minimum Gasteiger partial charge on any atom is -0.497 e. The van der Waals surface area contributed by atoms with Gasteiger partial charge in [0.1, 0.15) is 30.3 Å². The van der Waals surface area contributed by atoms with Crippen molar-refractivity contribution in [2.75, 3.05) is 39.0 Å². The number of nitrogens with two attached hydrogens (primary N) is 1. The molecule has 1 fully saturated rings. The van der Waals surface area contributed by atoms with E-state index in [4.69, 9.17) is 34.2 Å². The molecule has 1 atom stereocenters. The summed E-state index contributed by atoms with van der Waals surface area (Å²) in [5, 5.41) is 17.2. The monoisotopic (exact) mass is 834 g/mol. The van der Waals surface area contributed by atoms with Gasteiger partial charge in [0, 0.05) is 35.3 Å². The van der Waals surface area contributed by atoms with Gasteiger partial charge in [0.15, 0.2) is 22.8 Å². The van der Waals surface area contributed by atoms with Gasteiger partial charge in [-0.2, -0.15) is 9.98 Å². The highest BCUT2D eigenvalue weighted by Crippen LogP contribution is 2.36. The minimum absolute atomic E-state index is 0.00550. The minimum atomic E-state index is -1.64. The number of anilines is 1. The van der Waals surface area contributed by atoms with Gasteiger partial charge in [-0.3, -0.25) is 9.59 Å². The smallest absolute Gasteiger partial charge is 0.435 e. The molecule has 0 bridgehead atoms. The molecule has 0 spiro atoms. The number of hydrogen-bond acceptors (Lipinski definition) is 15. The maximum Gasteiger partial charge on any atom is 0.435 e. The van der Waals surface area contributed by atoms with Gasteiger partial charge < -0.3 is 44.6 Å². The molecular weight excluding hydrogens is 783 g/mol. The number of amides is 1. The first-order chi connectivity index (χ1) is 28.6. The van der Waals surface area contributed by atoms with Crippen LogP contribution in [0.25, 0.3) is 5.95 Å². The predicted octanol–water partition coefficient (Wildman–Crippen LogP) is 5.45. The van der Waals surface area contributed by atoms with Crippen LogP contribution in [0.15, 0.2) is 59.9 Å². The summed E-state index contributed by atoms with van der Waals surface area (Å²) in [5.74, 6) is -2.59. The summed E-state index contributed by atoms with van der Waals surface area (Å²) in [6, 6.07) is 9.26. The molecule has 4 N–H and O–H groups in total. The molecule has 18 nitrogen and oxygen atoms in total. The number of carbonyl (C=O) groups excluding carboxylic acids is 3. The second-order valence-electron chi connectivity index (χ2n) is 15.6. The van der Waals surface area contributed by atoms with Crippen molar-refractivity contribution in [1.82, 2.24) is 24.7 Å². The normalized spacial score (nSPS) is 14.2. The molecule has 2 aromatic carbocycles. The van der Waals surface area contributed by atoms with E-state index in [-0.39, 0.29) is 72.0 Å². The zero-order valence-corrected chi connectivity index (χ0v) is 34.5. The Morgan fingerprint density at radius 1 is 1.00 bits per heavy atom. The van der Waals surface area contributed by atoms with Gasteiger partial charge in [0.2, 0.25) is 6.79 Å². The third kappa shape index (κ3) is 11.9. The highest BCUT2D eigenvalue weighted by Gasteiger charge is 2.41. The van der Waals surface area contributed by atoms with Crippen LogP contribution in [0, 0.1) is 16.6 Å². The summed E-state index contributed by atoms with van der Waals surface area (Å²) in [6.45, 7) is 7.40. The average molecular weight is 835 g/mol. The number of halogens is 1. The number of nitrogens with zero attached hydrogens (tertiary/aromatic N) is 6. The SMILES string of the molecule is COc1cc(OCCO)c(F)c(C(Nc2ccc(C(N)=NC(=O)OCC(C)(C)C)cc2)c2nc(OCOC(=O)C(C)(C)C(=O)OC3CCCCC3)n(-c3ncccn3)n2)c1. The second-order valence-corrected chi connectivity index (χ2v) is 15.6. The van der Waals surface area contributed by atoms with E-state index in [0.717, 1.165) is 36.8 Å². The Morgan fingerprint density at radius 3 is 2.35 bits per heavy atom. The van der Waals surface area contributed by atoms with Crippen LogP contribution >= 0.6 is 0 Å². The van der Waals surface area contributed by atoms with Crippen LogP contribution in [0.2, 0.25) is 0 Å². The van der Waals surface area contributed by atoms with Gasteiger partial charge in [-0.05, 0) is 81.3 Å². The van der Waals surface area contributed by atoms with Crippen molar-refractivity contribution in [3.05, 3.63) is 77.6 Å². The van der Waals surface area contributed by atoms with Crippen LogP contribution < -0.4 is 25.3 Å². The molecule has 1 saturated carbocycles. The van der Waals surface area contributed by atoms with Crippen LogP contribution in [0.5, 0.6) is 17.5 Å². The van der Waals surface area contributed by atoms with E-state index in [9.17, 15) is 19.5 Å². The molecule has 322 valence electrons. The van der Waals surface area contributed by atoms with Crippen molar-refractivity contribution in [3.63, 3.8) is 0 Å². The van der Waals surface area contributed by atoms with Crippen LogP contribution in [0.1, 0.15) is 89.7 Å². The number of aromatic nitrogens is 5. The number of methoxy groups -OCH3 is 1. The number of aliphatic hydroxyl groups is 1. The molecule has 60 heavy (non-hydrogen) atoms. The van der Waals surface area contributed by atoms with Crippen LogP contribution in [-0.2, 0) is 23.8 Å². The third-order valence-electron chi connectivity index (χ3n) is 9.09. The summed E-state index contributed by atoms with van der Waals surface area (Å²) < 4.78 is 50.6. The van der Waals surface area contributed by atoms with Gasteiger partial charge in [-0.15, -0.1) is 9.78 Å². The van der Waals surface area contributed by atoms with Crippen LogP contribution in [0.4, 0.5) is 14.9 Å². The lowest BCUT2D eigenvalue weighted by molar-refractivity contribution is -0.177. The Kier molecular flexibility index (Phi) is 15.0. The molecule has 1 amide bonds. The quantitative estimate of drug-likeness (QED) is 0.0300. The Labute approximate surface area is 346 Å². The van der Waals surface area contributed by atoms with E-state index in [2.05, 4.69) is 30.4 Å². The Morgan fingerprint density at radius 2 is 1.70 bits per heavy atom. The number of hydrogen-bond donors (Lipinski definition) is 3. The van der Waals surface area contributed by atoms with Crippen LogP contribution in [-0.4, -0.2) is 93.5 Å². The summed E-state index contributed by atoms with van der Waals surface area (Å²) in [4.78, 5) is 55.4. The molecule has 2 aromatic heterocycles. The molecule has 1 unspecified atom stereocenters. The average Bonchev–Trinajstić information content (AvgIpc) is 3.66. The first kappa shape index (κ1) is 44.7. The molecule has 4 aromatic rings. The van der Waals surface area contributed by atoms with E-state index in [1.54, 1.807) is 30.3 Å². The lowest BCUT2D eigenvalue weighted by atomic mass is 9.93. The van der Waals surface area contributed by atoms with E-state index in [1.165, 1.54) is 45.5 Å². The van der Waals surface area contributed by atoms with Crippen LogP contribution in [0.3, 0.4) is 0 Å². The molecule has 5 rings (SSSR count). The van der Waals surface area contributed by atoms with Gasteiger partial charge in [-0.1, -0.05) is 27.2 Å². The number of rotatable bonds is 17. The molecular formula is C41H51FN8O10. The predicted molar refractivity (Wildman–Crippen MR) is 214 cm³/mol. The summed E-state index contributed by atoms with van der Waals surface area (Å²) in [5.41, 5.74) is 4.98. The third-order valence-corrected chi connectivity index (χ3v) is 9.09. The van der Waals surface area contributed by atoms with Crippen molar-refractivity contribution in [2.24, 2.45) is 21.6 Å². The molecule has 0 aliphatic heterocycles. The maximum absolute atomic E-state index is 16.4. The molecule has 19 heteroatoms. The fourth-order valence-corrected chi connectivity index (χ4v) is 5.78. The second kappa shape index (κ2) is 20.1. The van der Waals surface area contributed by atoms with Crippen molar-refractivity contribution < 1.29 is 52.3 Å². The highest BCUT2D eigenvalue weighted by atomic mass is 19.1. The number of esters is 2. The van der Waals surface area contributed by atoms with Crippen molar-refractivity contribution in [2.45, 2.75) is 78.9 Å². The summed E-state index contributed by atoms with van der Waals surface area (Å²) >= 11 is 0. The first-order valence-electron chi connectivity index (χ1n) is 19.3. The van der Waals surface area contributed by atoms with Crippen molar-refractivity contribution in [3.8, 4) is 23.5 Å². The number of ether oxygens (including phenoxy) is 6. The first-order valence-corrected chi connectivity index (χ1v) is 19.3.